The van der Waals surface area contributed by atoms with Crippen molar-refractivity contribution in [3.63, 3.8) is 0 Å². The molecule has 2 heterocycles. The third-order valence-electron chi connectivity index (χ3n) is 5.13. The van der Waals surface area contributed by atoms with E-state index in [0.717, 1.165) is 36.1 Å². The van der Waals surface area contributed by atoms with Crippen LogP contribution in [0.2, 0.25) is 0 Å². The lowest BCUT2D eigenvalue weighted by Gasteiger charge is -2.41. The summed E-state index contributed by atoms with van der Waals surface area (Å²) < 4.78 is 6.00. The van der Waals surface area contributed by atoms with Gasteiger partial charge in [0.05, 0.1) is 12.7 Å². The third-order valence-corrected chi connectivity index (χ3v) is 6.24. The van der Waals surface area contributed by atoms with Crippen LogP contribution in [0.25, 0.3) is 0 Å². The van der Waals surface area contributed by atoms with Gasteiger partial charge in [0, 0.05) is 11.5 Å². The number of carboxylic acids is 1. The van der Waals surface area contributed by atoms with Gasteiger partial charge in [0.2, 0.25) is 0 Å². The zero-order chi connectivity index (χ0) is 21.1. The standard InChI is InChI=1S/C18H29NO8S/c1-4-5-6-7-12-18(2,25)15(21)13-14(27-12)10(19(26-3)16(13)22)8-28-9-11(20)17(23)24/h10-12,15,20-21,25H,4-9H2,1-3H3,(H,23,24)/t10-,11+,12+,15+,18-/m1/s1. The van der Waals surface area contributed by atoms with Crippen molar-refractivity contribution >= 4 is 23.6 Å². The summed E-state index contributed by atoms with van der Waals surface area (Å²) in [6.07, 6.45) is -0.360. The number of hydroxylamine groups is 2. The molecule has 2 rings (SSSR count). The number of carbonyl (C=O) groups excluding carboxylic acids is 1. The molecule has 4 N–H and O–H groups in total. The first-order valence-electron chi connectivity index (χ1n) is 9.34. The summed E-state index contributed by atoms with van der Waals surface area (Å²) >= 11 is 1.12. The van der Waals surface area contributed by atoms with Crippen molar-refractivity contribution in [2.75, 3.05) is 18.6 Å². The van der Waals surface area contributed by atoms with Gasteiger partial charge in [-0.1, -0.05) is 19.8 Å². The zero-order valence-corrected chi connectivity index (χ0v) is 17.1. The molecule has 2 aliphatic rings. The summed E-state index contributed by atoms with van der Waals surface area (Å²) in [5.74, 6) is -1.54. The van der Waals surface area contributed by atoms with Gasteiger partial charge in [0.1, 0.15) is 29.6 Å². The molecule has 160 valence electrons. The second kappa shape index (κ2) is 9.45. The first-order chi connectivity index (χ1) is 13.2. The highest BCUT2D eigenvalue weighted by Gasteiger charge is 2.56. The number of thioether (sulfide) groups is 1. The average Bonchev–Trinajstić information content (AvgIpc) is 2.90. The van der Waals surface area contributed by atoms with Crippen LogP contribution in [0.4, 0.5) is 0 Å². The highest BCUT2D eigenvalue weighted by atomic mass is 32.2. The van der Waals surface area contributed by atoms with E-state index in [-0.39, 0.29) is 22.8 Å². The van der Waals surface area contributed by atoms with Crippen LogP contribution in [0.1, 0.15) is 39.5 Å². The molecular weight excluding hydrogens is 390 g/mol. The monoisotopic (exact) mass is 419 g/mol. The summed E-state index contributed by atoms with van der Waals surface area (Å²) in [5, 5.41) is 40.8. The maximum absolute atomic E-state index is 12.7. The molecule has 5 atom stereocenters. The van der Waals surface area contributed by atoms with Crippen LogP contribution in [0.5, 0.6) is 0 Å². The Morgan fingerprint density at radius 2 is 2.11 bits per heavy atom. The lowest BCUT2D eigenvalue weighted by molar-refractivity contribution is -0.176. The topological polar surface area (TPSA) is 137 Å². The van der Waals surface area contributed by atoms with E-state index in [0.29, 0.717) is 6.42 Å². The maximum atomic E-state index is 12.7. The molecule has 0 aromatic heterocycles. The molecule has 0 fully saturated rings. The molecule has 0 saturated heterocycles. The number of amides is 1. The number of carbonyl (C=O) groups is 2. The van der Waals surface area contributed by atoms with Gasteiger partial charge in [-0.05, 0) is 19.8 Å². The smallest absolute Gasteiger partial charge is 0.333 e. The minimum Gasteiger partial charge on any atom is -0.489 e. The SMILES string of the molecule is CCCCC[C@@H]1OC2=C(C(=O)N(OC)[C@@H]2CSC[C@H](O)C(=O)O)[C@H](O)[C@]1(C)O. The normalized spacial score (nSPS) is 31.0. The van der Waals surface area contributed by atoms with E-state index in [1.54, 1.807) is 0 Å². The van der Waals surface area contributed by atoms with Crippen molar-refractivity contribution in [3.05, 3.63) is 11.3 Å². The van der Waals surface area contributed by atoms with Gasteiger partial charge in [-0.15, -0.1) is 0 Å². The number of aliphatic hydroxyl groups is 3. The lowest BCUT2D eigenvalue weighted by atomic mass is 9.82. The third kappa shape index (κ3) is 4.46. The number of carboxylic acid groups (broad SMARTS) is 1. The van der Waals surface area contributed by atoms with E-state index in [9.17, 15) is 24.9 Å². The lowest BCUT2D eigenvalue weighted by Crippen LogP contribution is -2.55. The van der Waals surface area contributed by atoms with E-state index in [1.165, 1.54) is 14.0 Å². The van der Waals surface area contributed by atoms with Crippen molar-refractivity contribution in [2.45, 2.75) is 69.5 Å². The van der Waals surface area contributed by atoms with Crippen molar-refractivity contribution in [1.82, 2.24) is 5.06 Å². The van der Waals surface area contributed by atoms with E-state index < -0.39 is 41.8 Å². The van der Waals surface area contributed by atoms with Crippen molar-refractivity contribution in [1.29, 1.82) is 0 Å². The van der Waals surface area contributed by atoms with Crippen LogP contribution in [0.15, 0.2) is 11.3 Å². The van der Waals surface area contributed by atoms with Gasteiger partial charge in [-0.25, -0.2) is 9.86 Å². The fourth-order valence-corrected chi connectivity index (χ4v) is 4.45. The van der Waals surface area contributed by atoms with Gasteiger partial charge < -0.3 is 25.2 Å². The van der Waals surface area contributed by atoms with Crippen LogP contribution in [0.3, 0.4) is 0 Å². The molecule has 0 radical (unpaired) electrons. The van der Waals surface area contributed by atoms with E-state index >= 15 is 0 Å². The Hall–Kier alpha value is -1.33. The van der Waals surface area contributed by atoms with Gasteiger partial charge in [0.25, 0.3) is 5.91 Å². The predicted molar refractivity (Wildman–Crippen MR) is 101 cm³/mol. The fourth-order valence-electron chi connectivity index (χ4n) is 3.43. The number of aliphatic hydroxyl groups excluding tert-OH is 2. The van der Waals surface area contributed by atoms with E-state index in [4.69, 9.17) is 14.7 Å². The Bertz CT molecular complexity index is 623. The summed E-state index contributed by atoms with van der Waals surface area (Å²) in [6.45, 7) is 3.51. The molecule has 0 spiro atoms. The number of ether oxygens (including phenoxy) is 1. The molecule has 28 heavy (non-hydrogen) atoms. The Morgan fingerprint density at radius 3 is 2.68 bits per heavy atom. The molecule has 0 unspecified atom stereocenters. The van der Waals surface area contributed by atoms with Crippen LogP contribution in [-0.4, -0.2) is 85.9 Å². The Labute approximate surface area is 168 Å². The number of hydrogen-bond donors (Lipinski definition) is 4. The number of unbranched alkanes of at least 4 members (excludes halogenated alkanes) is 2. The van der Waals surface area contributed by atoms with Crippen molar-refractivity contribution in [2.24, 2.45) is 0 Å². The molecule has 0 aromatic rings. The van der Waals surface area contributed by atoms with Crippen LogP contribution >= 0.6 is 11.8 Å². The largest absolute Gasteiger partial charge is 0.489 e. The molecule has 0 aliphatic carbocycles. The van der Waals surface area contributed by atoms with Crippen LogP contribution in [-0.2, 0) is 19.2 Å². The zero-order valence-electron chi connectivity index (χ0n) is 16.3. The second-order valence-corrected chi connectivity index (χ2v) is 8.30. The van der Waals surface area contributed by atoms with Gasteiger partial charge >= 0.3 is 5.97 Å². The van der Waals surface area contributed by atoms with E-state index in [2.05, 4.69) is 6.92 Å². The van der Waals surface area contributed by atoms with Crippen LogP contribution in [0, 0.1) is 0 Å². The minimum atomic E-state index is -1.62. The van der Waals surface area contributed by atoms with Gasteiger partial charge in [-0.3, -0.25) is 9.63 Å². The maximum Gasteiger partial charge on any atom is 0.333 e. The summed E-state index contributed by atoms with van der Waals surface area (Å²) in [4.78, 5) is 28.6. The van der Waals surface area contributed by atoms with Gasteiger partial charge in [-0.2, -0.15) is 11.8 Å². The number of nitrogens with zero attached hydrogens (tertiary/aromatic N) is 1. The van der Waals surface area contributed by atoms with Crippen molar-refractivity contribution < 1.29 is 39.6 Å². The van der Waals surface area contributed by atoms with Gasteiger partial charge in [0.15, 0.2) is 6.10 Å². The Balaban J connectivity index is 2.21. The number of aliphatic carboxylic acids is 1. The molecule has 1 amide bonds. The average molecular weight is 419 g/mol. The van der Waals surface area contributed by atoms with Crippen LogP contribution < -0.4 is 0 Å². The van der Waals surface area contributed by atoms with Crippen molar-refractivity contribution in [3.8, 4) is 0 Å². The number of hydrogen-bond acceptors (Lipinski definition) is 8. The summed E-state index contributed by atoms with van der Waals surface area (Å²) in [5.41, 5.74) is -1.66. The summed E-state index contributed by atoms with van der Waals surface area (Å²) in [6, 6.07) is -0.682. The molecular formula is C18H29NO8S. The Morgan fingerprint density at radius 1 is 1.43 bits per heavy atom. The highest BCUT2D eigenvalue weighted by Crippen LogP contribution is 2.42. The molecule has 0 aromatic carbocycles. The first-order valence-corrected chi connectivity index (χ1v) is 10.5. The molecule has 9 nitrogen and oxygen atoms in total. The van der Waals surface area contributed by atoms with E-state index in [1.807, 2.05) is 0 Å². The quantitative estimate of drug-likeness (QED) is 0.368. The molecule has 10 heteroatoms. The molecule has 0 saturated carbocycles. The minimum absolute atomic E-state index is 0.0389. The molecule has 0 bridgehead atoms. The summed E-state index contributed by atoms with van der Waals surface area (Å²) in [7, 11) is 1.31. The number of rotatable bonds is 10. The second-order valence-electron chi connectivity index (χ2n) is 7.23. The highest BCUT2D eigenvalue weighted by molar-refractivity contribution is 7.99. The Kier molecular flexibility index (Phi) is 7.74. The first kappa shape index (κ1) is 23.0. The predicted octanol–water partition coefficient (Wildman–Crippen LogP) is 0.282. The molecule has 2 aliphatic heterocycles. The fraction of sp³-hybridized carbons (Fsp3) is 0.778.